The van der Waals surface area contributed by atoms with Crippen LogP contribution in [0.5, 0.6) is 0 Å². The van der Waals surface area contributed by atoms with Gasteiger partial charge in [0.15, 0.2) is 5.11 Å². The van der Waals surface area contributed by atoms with Crippen LogP contribution in [0.1, 0.15) is 48.5 Å². The van der Waals surface area contributed by atoms with Gasteiger partial charge in [0.25, 0.3) is 5.91 Å². The average Bonchev–Trinajstić information content (AvgIpc) is 2.79. The quantitative estimate of drug-likeness (QED) is 0.272. The van der Waals surface area contributed by atoms with E-state index in [-0.39, 0.29) is 36.4 Å². The number of amides is 2. The summed E-state index contributed by atoms with van der Waals surface area (Å²) >= 11 is 5.13. The molecule has 170 valence electrons. The molecule has 32 heavy (non-hydrogen) atoms. The van der Waals surface area contributed by atoms with Gasteiger partial charge in [-0.15, -0.1) is 0 Å². The minimum atomic E-state index is -0.428. The van der Waals surface area contributed by atoms with Crippen molar-refractivity contribution in [3.8, 4) is 0 Å². The van der Waals surface area contributed by atoms with E-state index in [0.29, 0.717) is 24.2 Å². The highest BCUT2D eigenvalue weighted by molar-refractivity contribution is 7.80. The SMILES string of the molecule is CCCCNC(=O)c1ccc(NC(=S)NC(=O)CCC(=O)OCCc2ccccc2)cc1. The Morgan fingerprint density at radius 1 is 0.969 bits per heavy atom. The van der Waals surface area contributed by atoms with Gasteiger partial charge in [0.2, 0.25) is 5.91 Å². The lowest BCUT2D eigenvalue weighted by molar-refractivity contribution is -0.144. The topological polar surface area (TPSA) is 96.5 Å². The number of rotatable bonds is 11. The first-order chi connectivity index (χ1) is 15.5. The monoisotopic (exact) mass is 455 g/mol. The third-order valence-electron chi connectivity index (χ3n) is 4.53. The standard InChI is InChI=1S/C24H29N3O4S/c1-2-3-16-25-23(30)19-9-11-20(12-10-19)26-24(32)27-21(28)13-14-22(29)31-17-15-18-7-5-4-6-8-18/h4-12H,2-3,13-17H2,1H3,(H,25,30)(H2,26,27,28,32). The number of hydrogen-bond acceptors (Lipinski definition) is 5. The first-order valence-electron chi connectivity index (χ1n) is 10.7. The molecule has 0 saturated heterocycles. The van der Waals surface area contributed by atoms with Crippen LogP contribution in [0.3, 0.4) is 0 Å². The number of unbranched alkanes of at least 4 members (excludes halogenated alkanes) is 1. The molecule has 0 aromatic heterocycles. The molecule has 0 saturated carbocycles. The van der Waals surface area contributed by atoms with E-state index >= 15 is 0 Å². The van der Waals surface area contributed by atoms with Gasteiger partial charge in [-0.1, -0.05) is 43.7 Å². The second-order valence-corrected chi connectivity index (χ2v) is 7.55. The largest absolute Gasteiger partial charge is 0.465 e. The maximum atomic E-state index is 12.0. The Kier molecular flexibility index (Phi) is 10.9. The first kappa shape index (κ1) is 25.0. The van der Waals surface area contributed by atoms with E-state index in [1.165, 1.54) is 0 Å². The van der Waals surface area contributed by atoms with Gasteiger partial charge in [0.05, 0.1) is 13.0 Å². The van der Waals surface area contributed by atoms with Crippen molar-refractivity contribution in [2.24, 2.45) is 0 Å². The van der Waals surface area contributed by atoms with E-state index in [9.17, 15) is 14.4 Å². The number of ether oxygens (including phenoxy) is 1. The summed E-state index contributed by atoms with van der Waals surface area (Å²) in [6.07, 6.45) is 2.53. The van der Waals surface area contributed by atoms with Crippen LogP contribution in [-0.2, 0) is 20.7 Å². The second-order valence-electron chi connectivity index (χ2n) is 7.15. The highest BCUT2D eigenvalue weighted by Gasteiger charge is 2.10. The molecule has 7 nitrogen and oxygen atoms in total. The van der Waals surface area contributed by atoms with Gasteiger partial charge >= 0.3 is 5.97 Å². The summed E-state index contributed by atoms with van der Waals surface area (Å²) in [5.41, 5.74) is 2.27. The fraction of sp³-hybridized carbons (Fsp3) is 0.333. The van der Waals surface area contributed by atoms with E-state index in [0.717, 1.165) is 18.4 Å². The molecule has 3 N–H and O–H groups in total. The molecule has 2 aromatic rings. The van der Waals surface area contributed by atoms with E-state index < -0.39 is 5.97 Å². The number of carbonyl (C=O) groups is 3. The number of anilines is 1. The fourth-order valence-electron chi connectivity index (χ4n) is 2.75. The molecule has 0 spiro atoms. The van der Waals surface area contributed by atoms with Crippen molar-refractivity contribution in [3.63, 3.8) is 0 Å². The Hall–Kier alpha value is -3.26. The molecule has 0 bridgehead atoms. The summed E-state index contributed by atoms with van der Waals surface area (Å²) in [6, 6.07) is 16.5. The van der Waals surface area contributed by atoms with Gasteiger partial charge in [0, 0.05) is 30.6 Å². The van der Waals surface area contributed by atoms with Crippen LogP contribution in [0, 0.1) is 0 Å². The van der Waals surface area contributed by atoms with Crippen molar-refractivity contribution in [2.45, 2.75) is 39.0 Å². The number of esters is 1. The van der Waals surface area contributed by atoms with Crippen LogP contribution >= 0.6 is 12.2 Å². The van der Waals surface area contributed by atoms with E-state index in [2.05, 4.69) is 22.9 Å². The first-order valence-corrected chi connectivity index (χ1v) is 11.1. The molecule has 8 heteroatoms. The number of hydrogen-bond donors (Lipinski definition) is 3. The van der Waals surface area contributed by atoms with Crippen LogP contribution in [0.2, 0.25) is 0 Å². The van der Waals surface area contributed by atoms with Crippen LogP contribution in [0.15, 0.2) is 54.6 Å². The van der Waals surface area contributed by atoms with Gasteiger partial charge in [-0.3, -0.25) is 14.4 Å². The maximum absolute atomic E-state index is 12.0. The van der Waals surface area contributed by atoms with Crippen molar-refractivity contribution in [1.82, 2.24) is 10.6 Å². The average molecular weight is 456 g/mol. The number of benzene rings is 2. The molecule has 0 fully saturated rings. The maximum Gasteiger partial charge on any atom is 0.306 e. The number of thiocarbonyl (C=S) groups is 1. The summed E-state index contributed by atoms with van der Waals surface area (Å²) in [6.45, 7) is 2.98. The lowest BCUT2D eigenvalue weighted by Crippen LogP contribution is -2.34. The fourth-order valence-corrected chi connectivity index (χ4v) is 2.98. The van der Waals surface area contributed by atoms with Gasteiger partial charge < -0.3 is 20.7 Å². The Morgan fingerprint density at radius 2 is 1.69 bits per heavy atom. The highest BCUT2D eigenvalue weighted by atomic mass is 32.1. The van der Waals surface area contributed by atoms with E-state index in [1.54, 1.807) is 24.3 Å². The molecule has 2 rings (SSSR count). The minimum Gasteiger partial charge on any atom is -0.465 e. The predicted molar refractivity (Wildman–Crippen MR) is 128 cm³/mol. The highest BCUT2D eigenvalue weighted by Crippen LogP contribution is 2.10. The number of carbonyl (C=O) groups excluding carboxylic acids is 3. The summed E-state index contributed by atoms with van der Waals surface area (Å²) in [7, 11) is 0. The summed E-state index contributed by atoms with van der Waals surface area (Å²) in [4.78, 5) is 35.8. The van der Waals surface area contributed by atoms with Gasteiger partial charge in [-0.2, -0.15) is 0 Å². The van der Waals surface area contributed by atoms with Crippen molar-refractivity contribution >= 4 is 40.8 Å². The summed E-state index contributed by atoms with van der Waals surface area (Å²) < 4.78 is 5.16. The van der Waals surface area contributed by atoms with Crippen molar-refractivity contribution < 1.29 is 19.1 Å². The van der Waals surface area contributed by atoms with E-state index in [1.807, 2.05) is 30.3 Å². The molecule has 0 unspecified atom stereocenters. The van der Waals surface area contributed by atoms with E-state index in [4.69, 9.17) is 17.0 Å². The Bertz CT molecular complexity index is 901. The van der Waals surface area contributed by atoms with Crippen molar-refractivity contribution in [2.75, 3.05) is 18.5 Å². The van der Waals surface area contributed by atoms with Gasteiger partial charge in [0.1, 0.15) is 0 Å². The van der Waals surface area contributed by atoms with Crippen LogP contribution in [-0.4, -0.2) is 36.0 Å². The summed E-state index contributed by atoms with van der Waals surface area (Å²) in [5.74, 6) is -0.936. The molecule has 2 amide bonds. The van der Waals surface area contributed by atoms with Gasteiger partial charge in [-0.05, 0) is 48.5 Å². The van der Waals surface area contributed by atoms with Crippen LogP contribution in [0.25, 0.3) is 0 Å². The zero-order chi connectivity index (χ0) is 23.2. The molecule has 0 aliphatic carbocycles. The lowest BCUT2D eigenvalue weighted by atomic mass is 10.2. The molecule has 0 aliphatic rings. The normalized spacial score (nSPS) is 10.2. The molecule has 0 radical (unpaired) electrons. The molecular formula is C24H29N3O4S. The predicted octanol–water partition coefficient (Wildman–Crippen LogP) is 3.60. The zero-order valence-corrected chi connectivity index (χ0v) is 19.0. The molecule has 0 aliphatic heterocycles. The second kappa shape index (κ2) is 13.9. The van der Waals surface area contributed by atoms with Crippen molar-refractivity contribution in [1.29, 1.82) is 0 Å². The van der Waals surface area contributed by atoms with Gasteiger partial charge in [-0.25, -0.2) is 0 Å². The molecule has 2 aromatic carbocycles. The lowest BCUT2D eigenvalue weighted by Gasteiger charge is -2.10. The molecular weight excluding hydrogens is 426 g/mol. The zero-order valence-electron chi connectivity index (χ0n) is 18.2. The third-order valence-corrected chi connectivity index (χ3v) is 4.73. The number of nitrogens with one attached hydrogen (secondary N) is 3. The summed E-state index contributed by atoms with van der Waals surface area (Å²) in [5, 5.41) is 8.38. The Balaban J connectivity index is 1.65. The third kappa shape index (κ3) is 9.70. The van der Waals surface area contributed by atoms with Crippen LogP contribution in [0.4, 0.5) is 5.69 Å². The Morgan fingerprint density at radius 3 is 2.38 bits per heavy atom. The molecule has 0 heterocycles. The smallest absolute Gasteiger partial charge is 0.306 e. The minimum absolute atomic E-state index is 0.0227. The van der Waals surface area contributed by atoms with Crippen LogP contribution < -0.4 is 16.0 Å². The molecule has 0 atom stereocenters. The van der Waals surface area contributed by atoms with Crippen molar-refractivity contribution in [3.05, 3.63) is 65.7 Å². The Labute approximate surface area is 193 Å².